The fraction of sp³-hybridized carbons (Fsp3) is 0.500. The Morgan fingerprint density at radius 1 is 1.44 bits per heavy atom. The summed E-state index contributed by atoms with van der Waals surface area (Å²) in [6, 6.07) is -0.0792. The lowest BCUT2D eigenvalue weighted by Gasteiger charge is -2.16. The van der Waals surface area contributed by atoms with Crippen LogP contribution in [0.15, 0.2) is 11.6 Å². The molecule has 2 aromatic rings. The number of hydrogen-bond acceptors (Lipinski definition) is 5. The Balaban J connectivity index is 2.45. The van der Waals surface area contributed by atoms with Gasteiger partial charge in [-0.05, 0) is 20.8 Å². The average Bonchev–Trinajstić information content (AvgIpc) is 2.93. The summed E-state index contributed by atoms with van der Waals surface area (Å²) in [5.41, 5.74) is 8.02. The third-order valence-corrected chi connectivity index (χ3v) is 3.55. The second kappa shape index (κ2) is 5.07. The predicted octanol–water partition coefficient (Wildman–Crippen LogP) is 2.29. The van der Waals surface area contributed by atoms with Gasteiger partial charge in [0.2, 0.25) is 0 Å². The first-order chi connectivity index (χ1) is 8.54. The second-order valence-electron chi connectivity index (χ2n) is 4.41. The molecule has 1 unspecified atom stereocenters. The Hall–Kier alpha value is -1.40. The fourth-order valence-electron chi connectivity index (χ4n) is 1.88. The summed E-state index contributed by atoms with van der Waals surface area (Å²) in [6.07, 6.45) is 1.70. The van der Waals surface area contributed by atoms with Crippen LogP contribution in [-0.2, 0) is 0 Å². The Kier molecular flexibility index (Phi) is 3.68. The topological polar surface area (TPSA) is 66.0 Å². The molecule has 0 bridgehead atoms. The molecule has 0 aliphatic carbocycles. The molecule has 0 saturated heterocycles. The van der Waals surface area contributed by atoms with Crippen molar-refractivity contribution in [3.63, 3.8) is 0 Å². The number of aryl methyl sites for hydroxylation is 1. The maximum absolute atomic E-state index is 6.29. The number of aromatic nitrogens is 3. The van der Waals surface area contributed by atoms with Crippen LogP contribution in [0.4, 0.5) is 0 Å². The van der Waals surface area contributed by atoms with Crippen LogP contribution in [0.2, 0.25) is 0 Å². The minimum Gasteiger partial charge on any atom is -0.493 e. The van der Waals surface area contributed by atoms with E-state index in [0.717, 1.165) is 16.4 Å². The molecule has 6 heteroatoms. The number of rotatable bonds is 4. The summed E-state index contributed by atoms with van der Waals surface area (Å²) in [4.78, 5) is 4.44. The molecule has 0 aliphatic rings. The van der Waals surface area contributed by atoms with E-state index < -0.39 is 0 Å². The van der Waals surface area contributed by atoms with Crippen LogP contribution in [0.5, 0.6) is 5.75 Å². The van der Waals surface area contributed by atoms with Crippen LogP contribution in [0.3, 0.4) is 0 Å². The molecule has 2 heterocycles. The molecule has 0 radical (unpaired) electrons. The lowest BCUT2D eigenvalue weighted by atomic mass is 10.1. The van der Waals surface area contributed by atoms with Crippen molar-refractivity contribution in [1.82, 2.24) is 14.8 Å². The van der Waals surface area contributed by atoms with Gasteiger partial charge in [0.25, 0.3) is 0 Å². The van der Waals surface area contributed by atoms with Crippen LogP contribution in [0.1, 0.15) is 42.3 Å². The van der Waals surface area contributed by atoms with Crippen molar-refractivity contribution < 1.29 is 4.74 Å². The summed E-state index contributed by atoms with van der Waals surface area (Å²) >= 11 is 1.60. The lowest BCUT2D eigenvalue weighted by Crippen LogP contribution is -2.19. The zero-order valence-corrected chi connectivity index (χ0v) is 11.9. The third kappa shape index (κ3) is 2.26. The van der Waals surface area contributed by atoms with Crippen LogP contribution in [0.25, 0.3) is 0 Å². The van der Waals surface area contributed by atoms with Crippen molar-refractivity contribution in [3.8, 4) is 5.75 Å². The summed E-state index contributed by atoms with van der Waals surface area (Å²) < 4.78 is 7.22. The maximum atomic E-state index is 6.29. The van der Waals surface area contributed by atoms with Gasteiger partial charge in [0, 0.05) is 11.4 Å². The van der Waals surface area contributed by atoms with E-state index >= 15 is 0 Å². The second-order valence-corrected chi connectivity index (χ2v) is 5.47. The number of ether oxygens (including phenoxy) is 1. The van der Waals surface area contributed by atoms with E-state index in [1.54, 1.807) is 24.6 Å². The van der Waals surface area contributed by atoms with Crippen LogP contribution in [0, 0.1) is 6.92 Å². The predicted molar refractivity (Wildman–Crippen MR) is 72.0 cm³/mol. The molecule has 1 atom stereocenters. The van der Waals surface area contributed by atoms with Crippen LogP contribution < -0.4 is 10.5 Å². The van der Waals surface area contributed by atoms with Crippen molar-refractivity contribution in [2.75, 3.05) is 7.11 Å². The largest absolute Gasteiger partial charge is 0.493 e. The summed E-state index contributed by atoms with van der Waals surface area (Å²) in [7, 11) is 1.63. The number of hydrogen-bond donors (Lipinski definition) is 1. The Morgan fingerprint density at radius 2 is 2.17 bits per heavy atom. The molecule has 0 fully saturated rings. The highest BCUT2D eigenvalue weighted by Crippen LogP contribution is 2.30. The Bertz CT molecular complexity index is 532. The molecule has 5 nitrogen and oxygen atoms in total. The zero-order valence-electron chi connectivity index (χ0n) is 11.0. The number of nitrogens with two attached hydrogens (primary N) is 1. The minimum atomic E-state index is -0.310. The van der Waals surface area contributed by atoms with Crippen LogP contribution in [-0.4, -0.2) is 21.9 Å². The SMILES string of the molecule is COc1cnn(C(C)C)c1C(N)c1csc(C)n1. The van der Waals surface area contributed by atoms with Crippen LogP contribution >= 0.6 is 11.3 Å². The fourth-order valence-corrected chi connectivity index (χ4v) is 2.53. The highest BCUT2D eigenvalue weighted by molar-refractivity contribution is 7.09. The average molecular weight is 266 g/mol. The molecule has 0 amide bonds. The van der Waals surface area contributed by atoms with Gasteiger partial charge in [0.15, 0.2) is 5.75 Å². The van der Waals surface area contributed by atoms with Gasteiger partial charge >= 0.3 is 0 Å². The molecule has 98 valence electrons. The van der Waals surface area contributed by atoms with Crippen molar-refractivity contribution in [3.05, 3.63) is 28.0 Å². The number of nitrogens with zero attached hydrogens (tertiary/aromatic N) is 3. The van der Waals surface area contributed by atoms with Gasteiger partial charge in [0.1, 0.15) is 5.69 Å². The van der Waals surface area contributed by atoms with Gasteiger partial charge in [-0.3, -0.25) is 4.68 Å². The molecule has 2 rings (SSSR count). The van der Waals surface area contributed by atoms with E-state index in [1.165, 1.54) is 0 Å². The molecule has 0 spiro atoms. The molecule has 0 saturated carbocycles. The third-order valence-electron chi connectivity index (χ3n) is 2.76. The van der Waals surface area contributed by atoms with E-state index in [1.807, 2.05) is 17.0 Å². The highest BCUT2D eigenvalue weighted by atomic mass is 32.1. The van der Waals surface area contributed by atoms with Gasteiger partial charge in [-0.1, -0.05) is 0 Å². The van der Waals surface area contributed by atoms with E-state index in [9.17, 15) is 0 Å². The molecule has 2 aromatic heterocycles. The molecule has 2 N–H and O–H groups in total. The first kappa shape index (κ1) is 13.0. The highest BCUT2D eigenvalue weighted by Gasteiger charge is 2.23. The van der Waals surface area contributed by atoms with E-state index in [2.05, 4.69) is 23.9 Å². The molecular weight excluding hydrogens is 248 g/mol. The van der Waals surface area contributed by atoms with Gasteiger partial charge in [-0.2, -0.15) is 5.10 Å². The Labute approximate surface area is 111 Å². The lowest BCUT2D eigenvalue weighted by molar-refractivity contribution is 0.400. The van der Waals surface area contributed by atoms with E-state index in [0.29, 0.717) is 5.75 Å². The number of thiazole rings is 1. The smallest absolute Gasteiger partial charge is 0.161 e. The van der Waals surface area contributed by atoms with E-state index in [4.69, 9.17) is 10.5 Å². The molecule has 0 aromatic carbocycles. The maximum Gasteiger partial charge on any atom is 0.161 e. The summed E-state index contributed by atoms with van der Waals surface area (Å²) in [5.74, 6) is 0.710. The summed E-state index contributed by atoms with van der Waals surface area (Å²) in [5, 5.41) is 7.32. The van der Waals surface area contributed by atoms with Crippen molar-refractivity contribution in [1.29, 1.82) is 0 Å². The molecule has 18 heavy (non-hydrogen) atoms. The normalized spacial score (nSPS) is 13.0. The quantitative estimate of drug-likeness (QED) is 0.922. The minimum absolute atomic E-state index is 0.231. The first-order valence-electron chi connectivity index (χ1n) is 5.83. The zero-order chi connectivity index (χ0) is 13.3. The van der Waals surface area contributed by atoms with Gasteiger partial charge in [0.05, 0.1) is 30.1 Å². The number of methoxy groups -OCH3 is 1. The van der Waals surface area contributed by atoms with Crippen molar-refractivity contribution in [2.24, 2.45) is 5.73 Å². The van der Waals surface area contributed by atoms with Gasteiger partial charge in [-0.25, -0.2) is 4.98 Å². The summed E-state index contributed by atoms with van der Waals surface area (Å²) in [6.45, 7) is 6.10. The van der Waals surface area contributed by atoms with Gasteiger partial charge in [-0.15, -0.1) is 11.3 Å². The first-order valence-corrected chi connectivity index (χ1v) is 6.71. The monoisotopic (exact) mass is 266 g/mol. The molecule has 0 aliphatic heterocycles. The van der Waals surface area contributed by atoms with Crippen molar-refractivity contribution in [2.45, 2.75) is 32.9 Å². The molecular formula is C12H18N4OS. The van der Waals surface area contributed by atoms with E-state index in [-0.39, 0.29) is 12.1 Å². The van der Waals surface area contributed by atoms with Gasteiger partial charge < -0.3 is 10.5 Å². The standard InChI is InChI=1S/C12H18N4OS/c1-7(2)16-12(10(17-4)5-14-16)11(13)9-6-18-8(3)15-9/h5-7,11H,13H2,1-4H3. The Morgan fingerprint density at radius 3 is 2.67 bits per heavy atom. The van der Waals surface area contributed by atoms with Crippen molar-refractivity contribution >= 4 is 11.3 Å².